The van der Waals surface area contributed by atoms with Crippen molar-refractivity contribution >= 4 is 43.5 Å². The number of hydrogen-bond donors (Lipinski definition) is 1. The van der Waals surface area contributed by atoms with Gasteiger partial charge in [-0.15, -0.1) is 0 Å². The minimum Gasteiger partial charge on any atom is -0.495 e. The Morgan fingerprint density at radius 3 is 2.76 bits per heavy atom. The molecule has 0 aliphatic heterocycles. The summed E-state index contributed by atoms with van der Waals surface area (Å²) in [6.45, 7) is 0.442. The summed E-state index contributed by atoms with van der Waals surface area (Å²) >= 11 is 6.60. The zero-order valence-corrected chi connectivity index (χ0v) is 12.7. The molecule has 0 saturated carbocycles. The summed E-state index contributed by atoms with van der Waals surface area (Å²) in [6.07, 6.45) is 0. The highest BCUT2D eigenvalue weighted by Gasteiger charge is 2.14. The fourth-order valence-corrected chi connectivity index (χ4v) is 1.95. The molecule has 1 atom stereocenters. The third-order valence-corrected chi connectivity index (χ3v) is 3.45. The van der Waals surface area contributed by atoms with Crippen molar-refractivity contribution in [2.24, 2.45) is 0 Å². The number of nitrogens with one attached hydrogen (secondary N) is 1. The number of carbonyl (C=O) groups excluding carboxylic acids is 1. The summed E-state index contributed by atoms with van der Waals surface area (Å²) in [6, 6.07) is 5.62. The van der Waals surface area contributed by atoms with Crippen LogP contribution in [-0.2, 0) is 9.53 Å². The highest BCUT2D eigenvalue weighted by Crippen LogP contribution is 2.27. The molecule has 0 saturated heterocycles. The van der Waals surface area contributed by atoms with E-state index in [1.54, 1.807) is 7.11 Å². The minimum atomic E-state index is -0.373. The first-order valence-electron chi connectivity index (χ1n) is 4.87. The van der Waals surface area contributed by atoms with Crippen LogP contribution in [0, 0.1) is 0 Å². The number of rotatable bonds is 5. The molecular weight excluding hydrogens is 354 g/mol. The van der Waals surface area contributed by atoms with Crippen molar-refractivity contribution in [2.45, 2.75) is 4.83 Å². The molecule has 0 spiro atoms. The number of anilines is 1. The van der Waals surface area contributed by atoms with Crippen LogP contribution in [0.4, 0.5) is 5.69 Å². The SMILES string of the molecule is COC(=O)C(Br)CNc1ccc(Br)c(OC)c1. The van der Waals surface area contributed by atoms with Gasteiger partial charge in [0.15, 0.2) is 0 Å². The average molecular weight is 367 g/mol. The number of halogens is 2. The lowest BCUT2D eigenvalue weighted by Gasteiger charge is -2.11. The summed E-state index contributed by atoms with van der Waals surface area (Å²) in [4.78, 5) is 10.8. The molecule has 94 valence electrons. The van der Waals surface area contributed by atoms with E-state index in [2.05, 4.69) is 41.9 Å². The maximum absolute atomic E-state index is 11.2. The largest absolute Gasteiger partial charge is 0.495 e. The van der Waals surface area contributed by atoms with Gasteiger partial charge in [-0.25, -0.2) is 0 Å². The number of benzene rings is 1. The molecule has 0 bridgehead atoms. The van der Waals surface area contributed by atoms with Gasteiger partial charge >= 0.3 is 5.97 Å². The molecule has 1 aromatic rings. The van der Waals surface area contributed by atoms with Crippen LogP contribution in [-0.4, -0.2) is 31.6 Å². The quantitative estimate of drug-likeness (QED) is 0.643. The molecule has 17 heavy (non-hydrogen) atoms. The summed E-state index contributed by atoms with van der Waals surface area (Å²) in [5.74, 6) is 0.431. The molecule has 0 aliphatic carbocycles. The van der Waals surface area contributed by atoms with E-state index in [9.17, 15) is 4.79 Å². The van der Waals surface area contributed by atoms with Crippen LogP contribution >= 0.6 is 31.9 Å². The Kier molecular flexibility index (Phi) is 5.77. The van der Waals surface area contributed by atoms with Crippen LogP contribution in [0.25, 0.3) is 0 Å². The fourth-order valence-electron chi connectivity index (χ4n) is 1.19. The van der Waals surface area contributed by atoms with E-state index < -0.39 is 0 Å². The molecule has 1 N–H and O–H groups in total. The zero-order chi connectivity index (χ0) is 12.8. The van der Waals surface area contributed by atoms with Crippen LogP contribution in [0.1, 0.15) is 0 Å². The van der Waals surface area contributed by atoms with Crippen molar-refractivity contribution in [3.8, 4) is 5.75 Å². The molecule has 0 aliphatic rings. The highest BCUT2D eigenvalue weighted by atomic mass is 79.9. The Bertz CT molecular complexity index is 398. The predicted molar refractivity (Wildman–Crippen MR) is 73.9 cm³/mol. The van der Waals surface area contributed by atoms with Gasteiger partial charge in [-0.05, 0) is 28.1 Å². The second-order valence-electron chi connectivity index (χ2n) is 3.22. The summed E-state index contributed by atoms with van der Waals surface area (Å²) in [5, 5.41) is 3.11. The van der Waals surface area contributed by atoms with Gasteiger partial charge in [0.05, 0.1) is 18.7 Å². The van der Waals surface area contributed by atoms with Gasteiger partial charge in [0, 0.05) is 18.3 Å². The van der Waals surface area contributed by atoms with Gasteiger partial charge in [0.25, 0.3) is 0 Å². The van der Waals surface area contributed by atoms with Crippen molar-refractivity contribution in [1.82, 2.24) is 0 Å². The number of hydrogen-bond acceptors (Lipinski definition) is 4. The van der Waals surface area contributed by atoms with E-state index >= 15 is 0 Å². The van der Waals surface area contributed by atoms with E-state index in [0.29, 0.717) is 6.54 Å². The van der Waals surface area contributed by atoms with Gasteiger partial charge in [-0.2, -0.15) is 0 Å². The third-order valence-electron chi connectivity index (χ3n) is 2.09. The second-order valence-corrected chi connectivity index (χ2v) is 5.18. The fraction of sp³-hybridized carbons (Fsp3) is 0.364. The molecule has 4 nitrogen and oxygen atoms in total. The number of methoxy groups -OCH3 is 2. The highest BCUT2D eigenvalue weighted by molar-refractivity contribution is 9.10. The molecule has 1 rings (SSSR count). The summed E-state index contributed by atoms with van der Waals surface area (Å²) in [5.41, 5.74) is 0.874. The number of alkyl halides is 1. The van der Waals surface area contributed by atoms with E-state index in [1.165, 1.54) is 7.11 Å². The molecule has 0 radical (unpaired) electrons. The number of esters is 1. The average Bonchev–Trinajstić information content (AvgIpc) is 2.36. The Morgan fingerprint density at radius 2 is 2.18 bits per heavy atom. The van der Waals surface area contributed by atoms with Gasteiger partial charge in [-0.3, -0.25) is 4.79 Å². The Balaban J connectivity index is 2.60. The first-order chi connectivity index (χ1) is 8.08. The van der Waals surface area contributed by atoms with Crippen molar-refractivity contribution in [3.63, 3.8) is 0 Å². The van der Waals surface area contributed by atoms with E-state index in [-0.39, 0.29) is 10.8 Å². The molecule has 0 aromatic heterocycles. The lowest BCUT2D eigenvalue weighted by Crippen LogP contribution is -2.24. The van der Waals surface area contributed by atoms with Crippen LogP contribution < -0.4 is 10.1 Å². The van der Waals surface area contributed by atoms with Gasteiger partial charge in [0.2, 0.25) is 0 Å². The van der Waals surface area contributed by atoms with E-state index in [4.69, 9.17) is 4.74 Å². The Morgan fingerprint density at radius 1 is 1.47 bits per heavy atom. The van der Waals surface area contributed by atoms with Crippen molar-refractivity contribution < 1.29 is 14.3 Å². The molecule has 1 unspecified atom stereocenters. The molecular formula is C11H13Br2NO3. The van der Waals surface area contributed by atoms with Crippen LogP contribution in [0.15, 0.2) is 22.7 Å². The number of carbonyl (C=O) groups is 1. The molecule has 0 fully saturated rings. The molecule has 1 aromatic carbocycles. The summed E-state index contributed by atoms with van der Waals surface area (Å²) < 4.78 is 10.7. The van der Waals surface area contributed by atoms with E-state index in [0.717, 1.165) is 15.9 Å². The first kappa shape index (κ1) is 14.3. The molecule has 6 heteroatoms. The number of ether oxygens (including phenoxy) is 2. The zero-order valence-electron chi connectivity index (χ0n) is 9.50. The van der Waals surface area contributed by atoms with Crippen LogP contribution in [0.3, 0.4) is 0 Å². The second kappa shape index (κ2) is 6.86. The Hall–Kier alpha value is -0.750. The van der Waals surface area contributed by atoms with Gasteiger partial charge in [-0.1, -0.05) is 15.9 Å². The molecule has 0 heterocycles. The topological polar surface area (TPSA) is 47.6 Å². The Labute approximate surface area is 117 Å². The minimum absolute atomic E-state index is 0.304. The lowest BCUT2D eigenvalue weighted by atomic mass is 10.3. The first-order valence-corrected chi connectivity index (χ1v) is 6.58. The van der Waals surface area contributed by atoms with Crippen molar-refractivity contribution in [1.29, 1.82) is 0 Å². The van der Waals surface area contributed by atoms with E-state index in [1.807, 2.05) is 18.2 Å². The maximum atomic E-state index is 11.2. The van der Waals surface area contributed by atoms with Crippen LogP contribution in [0.2, 0.25) is 0 Å². The molecule has 0 amide bonds. The summed E-state index contributed by atoms with van der Waals surface area (Å²) in [7, 11) is 2.96. The van der Waals surface area contributed by atoms with Crippen molar-refractivity contribution in [3.05, 3.63) is 22.7 Å². The lowest BCUT2D eigenvalue weighted by molar-refractivity contribution is -0.139. The predicted octanol–water partition coefficient (Wildman–Crippen LogP) is 2.81. The van der Waals surface area contributed by atoms with Crippen LogP contribution in [0.5, 0.6) is 5.75 Å². The van der Waals surface area contributed by atoms with Gasteiger partial charge < -0.3 is 14.8 Å². The third kappa shape index (κ3) is 4.20. The smallest absolute Gasteiger partial charge is 0.321 e. The normalized spacial score (nSPS) is 11.8. The van der Waals surface area contributed by atoms with Gasteiger partial charge in [0.1, 0.15) is 10.6 Å². The van der Waals surface area contributed by atoms with Crippen molar-refractivity contribution in [2.75, 3.05) is 26.1 Å². The monoisotopic (exact) mass is 365 g/mol. The maximum Gasteiger partial charge on any atom is 0.321 e. The standard InChI is InChI=1S/C11H13Br2NO3/c1-16-10-5-7(3-4-8(10)12)14-6-9(13)11(15)17-2/h3-5,9,14H,6H2,1-2H3.